The number of nitrogens with one attached hydrogen (secondary N) is 1. The Morgan fingerprint density at radius 2 is 1.28 bits per heavy atom. The molecule has 32 heavy (non-hydrogen) atoms. The molecule has 0 aliphatic carbocycles. The maximum atomic E-state index is 13.6. The fourth-order valence-corrected chi connectivity index (χ4v) is 5.64. The fraction of sp³-hybridized carbons (Fsp3) is 0.333. The van der Waals surface area contributed by atoms with Gasteiger partial charge in [0.1, 0.15) is 0 Å². The summed E-state index contributed by atoms with van der Waals surface area (Å²) in [5.74, 6) is 0. The van der Waals surface area contributed by atoms with Crippen LogP contribution in [0.15, 0.2) is 83.8 Å². The highest BCUT2D eigenvalue weighted by atomic mass is 32.2. The van der Waals surface area contributed by atoms with Gasteiger partial charge < -0.3 is 0 Å². The average Bonchev–Trinajstić information content (AvgIpc) is 2.71. The predicted molar refractivity (Wildman–Crippen MR) is 134 cm³/mol. The first kappa shape index (κ1) is 24.0. The highest BCUT2D eigenvalue weighted by molar-refractivity contribution is 7.89. The molecular formula is C27H34N2O2S. The van der Waals surface area contributed by atoms with Crippen LogP contribution < -0.4 is 9.84 Å². The van der Waals surface area contributed by atoms with Crippen LogP contribution in [-0.4, -0.2) is 8.42 Å². The third-order valence-corrected chi connectivity index (χ3v) is 6.91. The van der Waals surface area contributed by atoms with Gasteiger partial charge in [0.15, 0.2) is 0 Å². The molecule has 0 saturated heterocycles. The summed E-state index contributed by atoms with van der Waals surface area (Å²) < 4.78 is 27.2. The topological polar surface area (TPSA) is 49.4 Å². The summed E-state index contributed by atoms with van der Waals surface area (Å²) in [6.45, 7) is 12.8. The lowest BCUT2D eigenvalue weighted by molar-refractivity contribution is 0.284. The van der Waals surface area contributed by atoms with Crippen molar-refractivity contribution in [3.63, 3.8) is 0 Å². The highest BCUT2D eigenvalue weighted by Crippen LogP contribution is 2.37. The molecule has 0 atom stereocenters. The van der Waals surface area contributed by atoms with E-state index in [4.69, 9.17) is 0 Å². The van der Waals surface area contributed by atoms with Crippen LogP contribution in [-0.2, 0) is 15.4 Å². The van der Waals surface area contributed by atoms with Gasteiger partial charge in [0.05, 0.1) is 16.3 Å². The molecule has 0 aliphatic rings. The smallest absolute Gasteiger partial charge is 0.258 e. The summed E-state index contributed by atoms with van der Waals surface area (Å²) in [6, 6.07) is 24.7. The van der Waals surface area contributed by atoms with Crippen molar-refractivity contribution in [2.24, 2.45) is 5.41 Å². The second-order valence-electron chi connectivity index (χ2n) is 10.2. The second kappa shape index (κ2) is 9.08. The van der Waals surface area contributed by atoms with Crippen molar-refractivity contribution < 1.29 is 8.42 Å². The molecule has 0 spiro atoms. The molecule has 0 unspecified atom stereocenters. The predicted octanol–water partition coefficient (Wildman–Crippen LogP) is 6.74. The minimum atomic E-state index is -3.84. The Morgan fingerprint density at radius 3 is 1.75 bits per heavy atom. The number of benzene rings is 3. The highest BCUT2D eigenvalue weighted by Gasteiger charge is 2.30. The maximum absolute atomic E-state index is 13.6. The van der Waals surface area contributed by atoms with E-state index in [0.29, 0.717) is 10.5 Å². The van der Waals surface area contributed by atoms with E-state index in [0.717, 1.165) is 23.4 Å². The normalized spacial score (nSPS) is 12.6. The lowest BCUT2D eigenvalue weighted by atomic mass is 9.72. The van der Waals surface area contributed by atoms with E-state index in [9.17, 15) is 8.42 Å². The first-order valence-electron chi connectivity index (χ1n) is 10.9. The van der Waals surface area contributed by atoms with Crippen LogP contribution in [0.4, 0.5) is 11.4 Å². The number of sulfonamides is 1. The Hall–Kier alpha value is -2.63. The molecular weight excluding hydrogens is 416 g/mol. The van der Waals surface area contributed by atoms with Gasteiger partial charge in [0.25, 0.3) is 10.0 Å². The number of aryl methyl sites for hydroxylation is 1. The molecule has 170 valence electrons. The summed E-state index contributed by atoms with van der Waals surface area (Å²) in [5.41, 5.74) is 3.18. The van der Waals surface area contributed by atoms with Crippen molar-refractivity contribution in [2.45, 2.75) is 58.3 Å². The molecule has 0 heterocycles. The molecule has 3 rings (SSSR count). The fourth-order valence-electron chi connectivity index (χ4n) is 4.32. The Labute approximate surface area is 193 Å². The van der Waals surface area contributed by atoms with Crippen LogP contribution in [0.1, 0.15) is 52.2 Å². The molecule has 4 nitrogen and oxygen atoms in total. The summed E-state index contributed by atoms with van der Waals surface area (Å²) in [4.78, 5) is 3.12. The van der Waals surface area contributed by atoms with E-state index in [1.165, 1.54) is 0 Å². The molecule has 0 fully saturated rings. The minimum absolute atomic E-state index is 0.128. The van der Waals surface area contributed by atoms with Crippen LogP contribution >= 0.6 is 0 Å². The number of para-hydroxylation sites is 2. The quantitative estimate of drug-likeness (QED) is 0.406. The zero-order chi connectivity index (χ0) is 23.6. The molecule has 3 aromatic carbocycles. The third-order valence-electron chi connectivity index (χ3n) is 5.47. The lowest BCUT2D eigenvalue weighted by Crippen LogP contribution is -2.39. The molecule has 0 aliphatic heterocycles. The summed E-state index contributed by atoms with van der Waals surface area (Å²) in [7, 11) is -3.84. The number of hydrogen-bond donors (Lipinski definition) is 1. The van der Waals surface area contributed by atoms with Gasteiger partial charge in [-0.05, 0) is 65.6 Å². The van der Waals surface area contributed by atoms with E-state index in [1.807, 2.05) is 85.8 Å². The molecule has 0 radical (unpaired) electrons. The zero-order valence-corrected chi connectivity index (χ0v) is 20.7. The van der Waals surface area contributed by atoms with Crippen molar-refractivity contribution in [3.8, 4) is 0 Å². The number of hydrazine groups is 1. The summed E-state index contributed by atoms with van der Waals surface area (Å²) >= 11 is 0. The maximum Gasteiger partial charge on any atom is 0.258 e. The minimum Gasteiger partial charge on any atom is -0.263 e. The molecule has 0 aromatic heterocycles. The Kier molecular flexibility index (Phi) is 6.82. The van der Waals surface area contributed by atoms with Crippen LogP contribution in [0, 0.1) is 12.3 Å². The van der Waals surface area contributed by atoms with Gasteiger partial charge in [0, 0.05) is 0 Å². The second-order valence-corrected chi connectivity index (χ2v) is 11.8. The van der Waals surface area contributed by atoms with Crippen molar-refractivity contribution in [1.82, 2.24) is 4.83 Å². The SMILES string of the molecule is Cc1ccc(C(C)(C)CC(C)(C)C)cc1S(=O)(=O)NN(c1ccccc1)c1ccccc1. The van der Waals surface area contributed by atoms with Gasteiger partial charge in [0.2, 0.25) is 0 Å². The van der Waals surface area contributed by atoms with E-state index in [2.05, 4.69) is 39.4 Å². The average molecular weight is 451 g/mol. The van der Waals surface area contributed by atoms with Gasteiger partial charge in [-0.2, -0.15) is 0 Å². The molecule has 0 amide bonds. The van der Waals surface area contributed by atoms with Gasteiger partial charge in [-0.3, -0.25) is 5.01 Å². The number of rotatable bonds is 7. The van der Waals surface area contributed by atoms with E-state index < -0.39 is 10.0 Å². The lowest BCUT2D eigenvalue weighted by Gasteiger charge is -2.33. The van der Waals surface area contributed by atoms with Gasteiger partial charge >= 0.3 is 0 Å². The summed E-state index contributed by atoms with van der Waals surface area (Å²) in [5, 5.41) is 1.61. The van der Waals surface area contributed by atoms with Crippen LogP contribution in [0.5, 0.6) is 0 Å². The Bertz CT molecular complexity index is 1110. The van der Waals surface area contributed by atoms with Gasteiger partial charge in [-0.15, -0.1) is 4.83 Å². The van der Waals surface area contributed by atoms with Crippen molar-refractivity contribution in [2.75, 3.05) is 5.01 Å². The Morgan fingerprint density at radius 1 is 0.781 bits per heavy atom. The van der Waals surface area contributed by atoms with E-state index >= 15 is 0 Å². The molecule has 1 N–H and O–H groups in total. The molecule has 3 aromatic rings. The summed E-state index contributed by atoms with van der Waals surface area (Å²) in [6.07, 6.45) is 0.941. The number of nitrogens with zero attached hydrogens (tertiary/aromatic N) is 1. The first-order valence-corrected chi connectivity index (χ1v) is 12.4. The van der Waals surface area contributed by atoms with Crippen LogP contribution in [0.2, 0.25) is 0 Å². The standard InChI is InChI=1S/C27H34N2O2S/c1-21-17-18-22(27(5,6)20-26(2,3)4)19-25(21)32(30,31)28-29(23-13-9-7-10-14-23)24-15-11-8-12-16-24/h7-19,28H,20H2,1-6H3. The van der Waals surface area contributed by atoms with E-state index in [-0.39, 0.29) is 10.8 Å². The third kappa shape index (κ3) is 5.78. The molecule has 0 bridgehead atoms. The molecule has 5 heteroatoms. The van der Waals surface area contributed by atoms with Crippen LogP contribution in [0.3, 0.4) is 0 Å². The monoisotopic (exact) mass is 450 g/mol. The Balaban J connectivity index is 2.03. The largest absolute Gasteiger partial charge is 0.263 e. The van der Waals surface area contributed by atoms with Crippen molar-refractivity contribution in [1.29, 1.82) is 0 Å². The number of anilines is 2. The van der Waals surface area contributed by atoms with Gasteiger partial charge in [-0.1, -0.05) is 83.1 Å². The molecule has 0 saturated carbocycles. The van der Waals surface area contributed by atoms with Crippen LogP contribution in [0.25, 0.3) is 0 Å². The van der Waals surface area contributed by atoms with E-state index in [1.54, 1.807) is 5.01 Å². The van der Waals surface area contributed by atoms with Crippen molar-refractivity contribution in [3.05, 3.63) is 90.0 Å². The number of hydrogen-bond acceptors (Lipinski definition) is 3. The zero-order valence-electron chi connectivity index (χ0n) is 19.9. The first-order chi connectivity index (χ1) is 14.9. The van der Waals surface area contributed by atoms with Gasteiger partial charge in [-0.25, -0.2) is 8.42 Å². The van der Waals surface area contributed by atoms with Crippen molar-refractivity contribution >= 4 is 21.4 Å².